The molecule has 2 nitrogen and oxygen atoms in total. The predicted octanol–water partition coefficient (Wildman–Crippen LogP) is 3.17. The van der Waals surface area contributed by atoms with E-state index < -0.39 is 9.84 Å². The molecule has 0 unspecified atom stereocenters. The van der Waals surface area contributed by atoms with Gasteiger partial charge in [-0.2, -0.15) is 0 Å². The first kappa shape index (κ1) is 12.6. The molecule has 0 aromatic heterocycles. The molecule has 0 aliphatic rings. The van der Waals surface area contributed by atoms with Crippen molar-refractivity contribution in [3.05, 3.63) is 72.3 Å². The van der Waals surface area contributed by atoms with Crippen LogP contribution in [0.5, 0.6) is 0 Å². The quantitative estimate of drug-likeness (QED) is 0.844. The fourth-order valence-corrected chi connectivity index (χ4v) is 2.71. The van der Waals surface area contributed by atoms with Crippen molar-refractivity contribution in [2.45, 2.75) is 4.90 Å². The SMILES string of the molecule is O=S(=O)(CC=Cc1ccccc1)c1ccccc1. The van der Waals surface area contributed by atoms with E-state index >= 15 is 0 Å². The summed E-state index contributed by atoms with van der Waals surface area (Å²) in [4.78, 5) is 0.364. The van der Waals surface area contributed by atoms with Crippen LogP contribution in [0.3, 0.4) is 0 Å². The Morgan fingerprint density at radius 2 is 1.39 bits per heavy atom. The van der Waals surface area contributed by atoms with Gasteiger partial charge in [-0.15, -0.1) is 0 Å². The average molecular weight is 258 g/mol. The highest BCUT2D eigenvalue weighted by Crippen LogP contribution is 2.11. The fraction of sp³-hybridized carbons (Fsp3) is 0.0667. The lowest BCUT2D eigenvalue weighted by molar-refractivity contribution is 0.599. The van der Waals surface area contributed by atoms with E-state index in [1.54, 1.807) is 36.4 Å². The first-order chi connectivity index (χ1) is 8.68. The smallest absolute Gasteiger partial charge is 0.181 e. The highest BCUT2D eigenvalue weighted by atomic mass is 32.2. The average Bonchev–Trinajstić information content (AvgIpc) is 2.41. The van der Waals surface area contributed by atoms with Gasteiger partial charge in [-0.1, -0.05) is 60.7 Å². The summed E-state index contributed by atoms with van der Waals surface area (Å²) in [5.41, 5.74) is 1.00. The van der Waals surface area contributed by atoms with Crippen LogP contribution >= 0.6 is 0 Å². The summed E-state index contributed by atoms with van der Waals surface area (Å²) in [6, 6.07) is 18.1. The van der Waals surface area contributed by atoms with Crippen molar-refractivity contribution in [1.82, 2.24) is 0 Å². The third kappa shape index (κ3) is 3.31. The Kier molecular flexibility index (Phi) is 3.95. The number of benzene rings is 2. The maximum absolute atomic E-state index is 12.0. The summed E-state index contributed by atoms with van der Waals surface area (Å²) in [7, 11) is -3.22. The largest absolute Gasteiger partial charge is 0.223 e. The molecule has 0 spiro atoms. The Balaban J connectivity index is 2.09. The van der Waals surface area contributed by atoms with Gasteiger partial charge in [0.2, 0.25) is 0 Å². The van der Waals surface area contributed by atoms with Crippen molar-refractivity contribution in [2.24, 2.45) is 0 Å². The van der Waals surface area contributed by atoms with Crippen LogP contribution in [-0.2, 0) is 9.84 Å². The lowest BCUT2D eigenvalue weighted by Gasteiger charge is -2.00. The molecule has 0 radical (unpaired) electrons. The molecular weight excluding hydrogens is 244 g/mol. The fourth-order valence-electron chi connectivity index (χ4n) is 1.60. The monoisotopic (exact) mass is 258 g/mol. The maximum Gasteiger partial charge on any atom is 0.181 e. The van der Waals surface area contributed by atoms with Crippen molar-refractivity contribution in [1.29, 1.82) is 0 Å². The topological polar surface area (TPSA) is 34.1 Å². The zero-order valence-corrected chi connectivity index (χ0v) is 10.7. The minimum atomic E-state index is -3.22. The lowest BCUT2D eigenvalue weighted by Crippen LogP contribution is -2.04. The van der Waals surface area contributed by atoms with Crippen molar-refractivity contribution in [2.75, 3.05) is 5.75 Å². The van der Waals surface area contributed by atoms with Crippen molar-refractivity contribution in [3.8, 4) is 0 Å². The summed E-state index contributed by atoms with van der Waals surface area (Å²) in [6.45, 7) is 0. The molecule has 3 heteroatoms. The molecule has 2 rings (SSSR count). The number of hydrogen-bond acceptors (Lipinski definition) is 2. The summed E-state index contributed by atoms with van der Waals surface area (Å²) in [5, 5.41) is 0. The summed E-state index contributed by atoms with van der Waals surface area (Å²) >= 11 is 0. The van der Waals surface area contributed by atoms with E-state index in [1.165, 1.54) is 0 Å². The van der Waals surface area contributed by atoms with Gasteiger partial charge >= 0.3 is 0 Å². The number of hydrogen-bond donors (Lipinski definition) is 0. The lowest BCUT2D eigenvalue weighted by atomic mass is 10.2. The van der Waals surface area contributed by atoms with Gasteiger partial charge in [0.25, 0.3) is 0 Å². The molecule has 0 saturated carbocycles. The highest BCUT2D eigenvalue weighted by Gasteiger charge is 2.10. The predicted molar refractivity (Wildman–Crippen MR) is 74.0 cm³/mol. The maximum atomic E-state index is 12.0. The van der Waals surface area contributed by atoms with Crippen LogP contribution in [0.4, 0.5) is 0 Å². The van der Waals surface area contributed by atoms with Gasteiger partial charge in [0.1, 0.15) is 0 Å². The zero-order valence-electron chi connectivity index (χ0n) is 9.86. The van der Waals surface area contributed by atoms with Crippen LogP contribution in [0.2, 0.25) is 0 Å². The first-order valence-corrected chi connectivity index (χ1v) is 7.33. The zero-order chi connectivity index (χ0) is 12.8. The van der Waals surface area contributed by atoms with E-state index in [0.29, 0.717) is 4.90 Å². The highest BCUT2D eigenvalue weighted by molar-refractivity contribution is 7.91. The van der Waals surface area contributed by atoms with Gasteiger partial charge in [0.05, 0.1) is 10.6 Å². The molecule has 0 amide bonds. The second-order valence-corrected chi connectivity index (χ2v) is 5.94. The van der Waals surface area contributed by atoms with Gasteiger partial charge < -0.3 is 0 Å². The molecule has 2 aromatic carbocycles. The molecular formula is C15H14O2S. The van der Waals surface area contributed by atoms with Crippen molar-refractivity contribution in [3.63, 3.8) is 0 Å². The van der Waals surface area contributed by atoms with E-state index in [1.807, 2.05) is 36.4 Å². The van der Waals surface area contributed by atoms with Crippen molar-refractivity contribution < 1.29 is 8.42 Å². The van der Waals surface area contributed by atoms with E-state index in [0.717, 1.165) is 5.56 Å². The van der Waals surface area contributed by atoms with E-state index in [-0.39, 0.29) is 5.75 Å². The summed E-state index contributed by atoms with van der Waals surface area (Å²) in [6.07, 6.45) is 3.50. The van der Waals surface area contributed by atoms with Crippen LogP contribution in [-0.4, -0.2) is 14.2 Å². The first-order valence-electron chi connectivity index (χ1n) is 5.68. The molecule has 0 saturated heterocycles. The van der Waals surface area contributed by atoms with E-state index in [4.69, 9.17) is 0 Å². The molecule has 0 heterocycles. The van der Waals surface area contributed by atoms with Crippen LogP contribution in [0.15, 0.2) is 71.6 Å². The third-order valence-electron chi connectivity index (χ3n) is 2.53. The Morgan fingerprint density at radius 3 is 2.00 bits per heavy atom. The van der Waals surface area contributed by atoms with Gasteiger partial charge in [-0.05, 0) is 17.7 Å². The number of sulfone groups is 1. The molecule has 0 aliphatic heterocycles. The van der Waals surface area contributed by atoms with E-state index in [2.05, 4.69) is 0 Å². The minimum Gasteiger partial charge on any atom is -0.223 e. The van der Waals surface area contributed by atoms with Crippen LogP contribution in [0.25, 0.3) is 6.08 Å². The van der Waals surface area contributed by atoms with Crippen molar-refractivity contribution >= 4 is 15.9 Å². The molecule has 0 N–H and O–H groups in total. The molecule has 0 fully saturated rings. The van der Waals surface area contributed by atoms with E-state index in [9.17, 15) is 8.42 Å². The van der Waals surface area contributed by atoms with Gasteiger partial charge in [-0.25, -0.2) is 8.42 Å². The molecule has 0 atom stereocenters. The summed E-state index contributed by atoms with van der Waals surface area (Å²) < 4.78 is 23.9. The minimum absolute atomic E-state index is 0.0197. The van der Waals surface area contributed by atoms with Gasteiger partial charge in [0.15, 0.2) is 9.84 Å². The summed E-state index contributed by atoms with van der Waals surface area (Å²) in [5.74, 6) is 0.0197. The Labute approximate surface area is 108 Å². The standard InChI is InChI=1S/C15H14O2S/c16-18(17,15-11-5-2-6-12-15)13-7-10-14-8-3-1-4-9-14/h1-12H,13H2. The second kappa shape index (κ2) is 5.65. The molecule has 92 valence electrons. The molecule has 0 bridgehead atoms. The Hall–Kier alpha value is -1.87. The van der Waals surface area contributed by atoms with Gasteiger partial charge in [0, 0.05) is 0 Å². The Morgan fingerprint density at radius 1 is 0.833 bits per heavy atom. The molecule has 18 heavy (non-hydrogen) atoms. The molecule has 2 aromatic rings. The second-order valence-electron chi connectivity index (χ2n) is 3.91. The third-order valence-corrected chi connectivity index (χ3v) is 4.15. The van der Waals surface area contributed by atoms with Gasteiger partial charge in [-0.3, -0.25) is 0 Å². The van der Waals surface area contributed by atoms with Crippen LogP contribution in [0, 0.1) is 0 Å². The van der Waals surface area contributed by atoms with Crippen LogP contribution < -0.4 is 0 Å². The van der Waals surface area contributed by atoms with Crippen LogP contribution in [0.1, 0.15) is 5.56 Å². The number of rotatable bonds is 4. The normalized spacial score (nSPS) is 11.8. The Bertz CT molecular complexity index is 614. The molecule has 0 aliphatic carbocycles.